The highest BCUT2D eigenvalue weighted by Gasteiger charge is 2.15. The molecule has 104 valence electrons. The van der Waals surface area contributed by atoms with Gasteiger partial charge in [-0.3, -0.25) is 0 Å². The van der Waals surface area contributed by atoms with Crippen LogP contribution in [0.3, 0.4) is 0 Å². The summed E-state index contributed by atoms with van der Waals surface area (Å²) in [6.45, 7) is 0. The van der Waals surface area contributed by atoms with Crippen molar-refractivity contribution in [2.24, 2.45) is 0 Å². The first kappa shape index (κ1) is 11.7. The average Bonchev–Trinajstić information content (AvgIpc) is 2.94. The second-order valence-corrected chi connectivity index (χ2v) is 5.72. The molecule has 0 aliphatic heterocycles. The van der Waals surface area contributed by atoms with Crippen molar-refractivity contribution in [1.82, 2.24) is 9.97 Å². The van der Waals surface area contributed by atoms with E-state index in [0.29, 0.717) is 5.76 Å². The smallest absolute Gasteiger partial charge is 0.123 e. The summed E-state index contributed by atoms with van der Waals surface area (Å²) in [5, 5.41) is 14.6. The number of hydrogen-bond donors (Lipinski definition) is 1. The normalized spacial score (nSPS) is 14.5. The van der Waals surface area contributed by atoms with E-state index in [1.165, 1.54) is 21.6 Å². The first-order valence-electron chi connectivity index (χ1n) is 7.28. The van der Waals surface area contributed by atoms with Crippen LogP contribution in [0.15, 0.2) is 42.9 Å². The van der Waals surface area contributed by atoms with Crippen LogP contribution < -0.4 is 10.4 Å². The zero-order valence-electron chi connectivity index (χ0n) is 11.7. The molecule has 0 fully saturated rings. The minimum atomic E-state index is 0.345. The van der Waals surface area contributed by atoms with Crippen molar-refractivity contribution < 1.29 is 5.11 Å². The molecule has 0 amide bonds. The first-order valence-corrected chi connectivity index (χ1v) is 7.28. The average molecular weight is 284 g/mol. The molecule has 5 rings (SSSR count). The third-order valence-corrected chi connectivity index (χ3v) is 4.54. The van der Waals surface area contributed by atoms with Gasteiger partial charge in [-0.05, 0) is 45.0 Å². The molecule has 0 radical (unpaired) electrons. The van der Waals surface area contributed by atoms with Gasteiger partial charge in [-0.25, -0.2) is 9.97 Å². The highest BCUT2D eigenvalue weighted by atomic mass is 16.3. The molecular weight excluding hydrogens is 272 g/mol. The predicted octanol–water partition coefficient (Wildman–Crippen LogP) is 2.06. The maximum atomic E-state index is 9.91. The minimum absolute atomic E-state index is 0.345. The molecule has 1 aromatic heterocycles. The summed E-state index contributed by atoms with van der Waals surface area (Å²) in [6, 6.07) is 8.41. The topological polar surface area (TPSA) is 46.0 Å². The van der Waals surface area contributed by atoms with Crippen LogP contribution in [0.5, 0.6) is 0 Å². The van der Waals surface area contributed by atoms with E-state index in [9.17, 15) is 5.11 Å². The van der Waals surface area contributed by atoms with Crippen molar-refractivity contribution in [3.8, 4) is 0 Å². The van der Waals surface area contributed by atoms with Crippen molar-refractivity contribution in [3.05, 3.63) is 75.7 Å². The fourth-order valence-corrected chi connectivity index (χ4v) is 3.45. The second kappa shape index (κ2) is 4.04. The fraction of sp³-hybridized carbons (Fsp3) is 0.0526. The Balaban J connectivity index is 1.92. The van der Waals surface area contributed by atoms with Gasteiger partial charge in [0.1, 0.15) is 12.1 Å². The lowest BCUT2D eigenvalue weighted by atomic mass is 9.92. The molecular formula is C19H12N2O. The van der Waals surface area contributed by atoms with E-state index in [4.69, 9.17) is 0 Å². The fourth-order valence-electron chi connectivity index (χ4n) is 3.45. The van der Waals surface area contributed by atoms with Gasteiger partial charge in [-0.1, -0.05) is 24.3 Å². The van der Waals surface area contributed by atoms with E-state index < -0.39 is 0 Å². The standard InChI is InChI=1S/C19H12N2O/c22-19-6-5-14-13-2-1-11-8-18-12(9-20-10-21-18)7-17(11)15(13)3-4-16(14)19/h1-7,9-10,22H,8H2. The number of hydrogen-bond acceptors (Lipinski definition) is 3. The van der Waals surface area contributed by atoms with Crippen LogP contribution in [0.4, 0.5) is 0 Å². The summed E-state index contributed by atoms with van der Waals surface area (Å²) in [4.78, 5) is 8.50. The van der Waals surface area contributed by atoms with Crippen molar-refractivity contribution in [3.63, 3.8) is 0 Å². The van der Waals surface area contributed by atoms with Crippen LogP contribution in [0.2, 0.25) is 0 Å². The van der Waals surface area contributed by atoms with Gasteiger partial charge in [0.05, 0.1) is 5.69 Å². The Morgan fingerprint density at radius 2 is 1.82 bits per heavy atom. The third kappa shape index (κ3) is 1.45. The summed E-state index contributed by atoms with van der Waals surface area (Å²) in [5.74, 6) is 0.345. The maximum Gasteiger partial charge on any atom is 0.123 e. The second-order valence-electron chi connectivity index (χ2n) is 5.72. The van der Waals surface area contributed by atoms with Gasteiger partial charge in [0.2, 0.25) is 0 Å². The lowest BCUT2D eigenvalue weighted by Crippen LogP contribution is -2.20. The molecule has 2 aromatic carbocycles. The number of aliphatic hydroxyl groups excluding tert-OH is 1. The van der Waals surface area contributed by atoms with Crippen LogP contribution in [-0.2, 0) is 6.42 Å². The van der Waals surface area contributed by atoms with Gasteiger partial charge in [-0.15, -0.1) is 0 Å². The van der Waals surface area contributed by atoms with Gasteiger partial charge in [0.25, 0.3) is 0 Å². The number of aliphatic hydroxyl groups is 1. The zero-order valence-corrected chi connectivity index (χ0v) is 11.7. The van der Waals surface area contributed by atoms with Crippen molar-refractivity contribution >= 4 is 28.7 Å². The highest BCUT2D eigenvalue weighted by Crippen LogP contribution is 2.21. The molecule has 1 N–H and O–H groups in total. The highest BCUT2D eigenvalue weighted by molar-refractivity contribution is 5.92. The van der Waals surface area contributed by atoms with Crippen molar-refractivity contribution in [2.45, 2.75) is 6.42 Å². The molecule has 2 aliphatic rings. The van der Waals surface area contributed by atoms with E-state index in [2.05, 4.69) is 34.2 Å². The number of benzene rings is 2. The SMILES string of the molecule is OC1=CC=c2c1ccc1c3c(ccc21)Cc1ncncc1C=3. The van der Waals surface area contributed by atoms with Crippen molar-refractivity contribution in [1.29, 1.82) is 0 Å². The number of fused-ring (bicyclic) bond motifs is 6. The van der Waals surface area contributed by atoms with Crippen LogP contribution in [0, 0.1) is 0 Å². The van der Waals surface area contributed by atoms with Crippen LogP contribution in [0.1, 0.15) is 22.4 Å². The van der Waals surface area contributed by atoms with Gasteiger partial charge in [0, 0.05) is 23.7 Å². The Hall–Kier alpha value is -2.94. The van der Waals surface area contributed by atoms with Crippen molar-refractivity contribution in [2.75, 3.05) is 0 Å². The lowest BCUT2D eigenvalue weighted by Gasteiger charge is -2.14. The van der Waals surface area contributed by atoms with E-state index in [1.54, 1.807) is 12.4 Å². The molecule has 22 heavy (non-hydrogen) atoms. The first-order chi connectivity index (χ1) is 10.8. The number of allylic oxidation sites excluding steroid dienone is 1. The molecule has 3 nitrogen and oxygen atoms in total. The van der Waals surface area contributed by atoms with E-state index in [0.717, 1.165) is 28.5 Å². The molecule has 0 unspecified atom stereocenters. The zero-order chi connectivity index (χ0) is 14.7. The predicted molar refractivity (Wildman–Crippen MR) is 86.7 cm³/mol. The monoisotopic (exact) mass is 284 g/mol. The minimum Gasteiger partial charge on any atom is -0.507 e. The van der Waals surface area contributed by atoms with E-state index in [-0.39, 0.29) is 0 Å². The summed E-state index contributed by atoms with van der Waals surface area (Å²) in [6.07, 6.45) is 10.2. The Labute approximate surface area is 126 Å². The van der Waals surface area contributed by atoms with Gasteiger partial charge in [-0.2, -0.15) is 0 Å². The summed E-state index contributed by atoms with van der Waals surface area (Å²) in [7, 11) is 0. The molecule has 3 aromatic rings. The molecule has 2 aliphatic carbocycles. The molecule has 0 saturated heterocycles. The quantitative estimate of drug-likeness (QED) is 0.537. The molecule has 3 heteroatoms. The maximum absolute atomic E-state index is 9.91. The molecule has 0 bridgehead atoms. The third-order valence-electron chi connectivity index (χ3n) is 4.54. The Kier molecular flexibility index (Phi) is 2.15. The Morgan fingerprint density at radius 3 is 2.77 bits per heavy atom. The number of aromatic nitrogens is 2. The largest absolute Gasteiger partial charge is 0.507 e. The Bertz CT molecular complexity index is 1110. The van der Waals surface area contributed by atoms with Gasteiger partial charge >= 0.3 is 0 Å². The van der Waals surface area contributed by atoms with Gasteiger partial charge < -0.3 is 5.11 Å². The van der Waals surface area contributed by atoms with Crippen LogP contribution in [0.25, 0.3) is 28.7 Å². The summed E-state index contributed by atoms with van der Waals surface area (Å²) >= 11 is 0. The summed E-state index contributed by atoms with van der Waals surface area (Å²) in [5.41, 5.74) is 4.36. The molecule has 0 atom stereocenters. The Morgan fingerprint density at radius 1 is 0.955 bits per heavy atom. The molecule has 0 spiro atoms. The number of nitrogens with zero attached hydrogens (tertiary/aromatic N) is 2. The van der Waals surface area contributed by atoms with Crippen LogP contribution in [-0.4, -0.2) is 15.1 Å². The van der Waals surface area contributed by atoms with Gasteiger partial charge in [0.15, 0.2) is 0 Å². The van der Waals surface area contributed by atoms with E-state index in [1.807, 2.05) is 18.3 Å². The molecule has 1 heterocycles. The summed E-state index contributed by atoms with van der Waals surface area (Å²) < 4.78 is 0. The molecule has 0 saturated carbocycles. The number of rotatable bonds is 0. The lowest BCUT2D eigenvalue weighted by molar-refractivity contribution is 0.513. The van der Waals surface area contributed by atoms with Crippen LogP contribution >= 0.6 is 0 Å². The van der Waals surface area contributed by atoms with E-state index >= 15 is 0 Å².